The Morgan fingerprint density at radius 2 is 1.33 bits per heavy atom. The van der Waals surface area contributed by atoms with Crippen LogP contribution in [0.3, 0.4) is 0 Å². The third-order valence-corrected chi connectivity index (χ3v) is 5.24. The molecule has 0 fully saturated rings. The van der Waals surface area contributed by atoms with Crippen molar-refractivity contribution in [2.24, 2.45) is 0 Å². The molecule has 6 nitrogen and oxygen atoms in total. The van der Waals surface area contributed by atoms with Gasteiger partial charge in [-0.1, -0.05) is 30.3 Å². The van der Waals surface area contributed by atoms with Crippen LogP contribution in [0.5, 0.6) is 28.7 Å². The first-order valence-electron chi connectivity index (χ1n) is 9.65. The van der Waals surface area contributed by atoms with E-state index in [-0.39, 0.29) is 13.6 Å². The standard InChI is InChI=1S/C23H16BNO5/c1-3-15-4-2-10-25-23(15)20(5-1)30-24(16-6-8-18-21(11-16)28-13-26-18)17-7-9-19-22(12-17)29-14-27-19/h1-12H,13-14H2. The van der Waals surface area contributed by atoms with E-state index in [1.54, 1.807) is 6.20 Å². The predicted molar refractivity (Wildman–Crippen MR) is 113 cm³/mol. The number of pyridine rings is 1. The average molecular weight is 397 g/mol. The second-order valence-electron chi connectivity index (χ2n) is 7.05. The quantitative estimate of drug-likeness (QED) is 0.494. The van der Waals surface area contributed by atoms with Crippen molar-refractivity contribution in [3.05, 3.63) is 72.9 Å². The molecule has 6 rings (SSSR count). The summed E-state index contributed by atoms with van der Waals surface area (Å²) >= 11 is 0. The van der Waals surface area contributed by atoms with Gasteiger partial charge in [0.25, 0.3) is 0 Å². The minimum atomic E-state index is -0.401. The molecule has 7 heteroatoms. The maximum atomic E-state index is 6.56. The molecule has 3 aromatic carbocycles. The molecule has 0 spiro atoms. The van der Waals surface area contributed by atoms with Crippen molar-refractivity contribution in [1.29, 1.82) is 0 Å². The Hall–Kier alpha value is -3.87. The maximum Gasteiger partial charge on any atom is 0.426 e. The van der Waals surface area contributed by atoms with E-state index in [9.17, 15) is 0 Å². The average Bonchev–Trinajstić information content (AvgIpc) is 3.45. The number of nitrogens with zero attached hydrogens (tertiary/aromatic N) is 1. The minimum absolute atomic E-state index is 0.224. The zero-order valence-electron chi connectivity index (χ0n) is 15.9. The van der Waals surface area contributed by atoms with Crippen LogP contribution in [0.15, 0.2) is 72.9 Å². The predicted octanol–water partition coefficient (Wildman–Crippen LogP) is 2.88. The summed E-state index contributed by atoms with van der Waals surface area (Å²) in [7, 11) is 0. The molecule has 0 unspecified atom stereocenters. The molecule has 146 valence electrons. The van der Waals surface area contributed by atoms with Crippen LogP contribution in [0, 0.1) is 0 Å². The first kappa shape index (κ1) is 17.0. The largest absolute Gasteiger partial charge is 0.550 e. The lowest BCUT2D eigenvalue weighted by Crippen LogP contribution is -2.47. The Bertz CT molecular complexity index is 1200. The number of fused-ring (bicyclic) bond motifs is 3. The van der Waals surface area contributed by atoms with E-state index in [0.29, 0.717) is 17.2 Å². The molecule has 4 aromatic rings. The van der Waals surface area contributed by atoms with E-state index in [2.05, 4.69) is 4.98 Å². The van der Waals surface area contributed by atoms with Crippen LogP contribution in [0.2, 0.25) is 0 Å². The Morgan fingerprint density at radius 1 is 0.700 bits per heavy atom. The van der Waals surface area contributed by atoms with Crippen LogP contribution < -0.4 is 34.5 Å². The molecule has 1 aromatic heterocycles. The van der Waals surface area contributed by atoms with Crippen molar-refractivity contribution in [2.45, 2.75) is 0 Å². The highest BCUT2D eigenvalue weighted by Gasteiger charge is 2.29. The highest BCUT2D eigenvalue weighted by molar-refractivity contribution is 6.80. The molecule has 0 atom stereocenters. The van der Waals surface area contributed by atoms with Crippen LogP contribution in [0.25, 0.3) is 10.9 Å². The maximum absolute atomic E-state index is 6.56. The van der Waals surface area contributed by atoms with Gasteiger partial charge in [0.05, 0.1) is 0 Å². The molecule has 30 heavy (non-hydrogen) atoms. The minimum Gasteiger partial charge on any atom is -0.550 e. The lowest BCUT2D eigenvalue weighted by molar-refractivity contribution is 0.173. The number of aromatic nitrogens is 1. The Kier molecular flexibility index (Phi) is 3.91. The van der Waals surface area contributed by atoms with Gasteiger partial charge >= 0.3 is 6.92 Å². The monoisotopic (exact) mass is 397 g/mol. The van der Waals surface area contributed by atoms with E-state index >= 15 is 0 Å². The molecule has 2 aliphatic heterocycles. The zero-order chi connectivity index (χ0) is 19.9. The molecule has 0 saturated heterocycles. The van der Waals surface area contributed by atoms with Crippen molar-refractivity contribution in [1.82, 2.24) is 4.98 Å². The summed E-state index contributed by atoms with van der Waals surface area (Å²) in [5.41, 5.74) is 2.68. The first-order chi connectivity index (χ1) is 14.8. The number of hydrogen-bond acceptors (Lipinski definition) is 6. The van der Waals surface area contributed by atoms with Crippen molar-refractivity contribution in [3.8, 4) is 28.7 Å². The molecule has 0 bridgehead atoms. The fourth-order valence-electron chi connectivity index (χ4n) is 3.78. The van der Waals surface area contributed by atoms with Gasteiger partial charge in [-0.25, -0.2) is 0 Å². The highest BCUT2D eigenvalue weighted by Crippen LogP contribution is 2.32. The van der Waals surface area contributed by atoms with Gasteiger partial charge in [-0.3, -0.25) is 4.98 Å². The molecule has 0 amide bonds. The number of hydrogen-bond donors (Lipinski definition) is 0. The van der Waals surface area contributed by atoms with Crippen LogP contribution in [0.1, 0.15) is 0 Å². The topological polar surface area (TPSA) is 59.0 Å². The second-order valence-corrected chi connectivity index (χ2v) is 7.05. The van der Waals surface area contributed by atoms with E-state index in [1.807, 2.05) is 66.7 Å². The molecular formula is C23H16BNO5. The number of ether oxygens (including phenoxy) is 4. The lowest BCUT2D eigenvalue weighted by Gasteiger charge is -2.18. The molecule has 0 aliphatic carbocycles. The van der Waals surface area contributed by atoms with Gasteiger partial charge in [0, 0.05) is 11.6 Å². The number of para-hydroxylation sites is 1. The molecule has 2 aliphatic rings. The smallest absolute Gasteiger partial charge is 0.426 e. The summed E-state index contributed by atoms with van der Waals surface area (Å²) in [6.07, 6.45) is 1.77. The molecule has 3 heterocycles. The fourth-order valence-corrected chi connectivity index (χ4v) is 3.78. The van der Waals surface area contributed by atoms with Gasteiger partial charge < -0.3 is 23.6 Å². The van der Waals surface area contributed by atoms with Crippen molar-refractivity contribution < 1.29 is 23.6 Å². The third-order valence-electron chi connectivity index (χ3n) is 5.24. The molecule has 0 saturated carbocycles. The van der Waals surface area contributed by atoms with Crippen molar-refractivity contribution in [3.63, 3.8) is 0 Å². The van der Waals surface area contributed by atoms with E-state index in [0.717, 1.165) is 33.3 Å². The van der Waals surface area contributed by atoms with Gasteiger partial charge in [-0.15, -0.1) is 0 Å². The van der Waals surface area contributed by atoms with Gasteiger partial charge in [0.1, 0.15) is 11.3 Å². The summed E-state index contributed by atoms with van der Waals surface area (Å²) < 4.78 is 28.7. The van der Waals surface area contributed by atoms with Crippen LogP contribution >= 0.6 is 0 Å². The summed E-state index contributed by atoms with van der Waals surface area (Å²) in [6.45, 7) is 0.0463. The van der Waals surface area contributed by atoms with Gasteiger partial charge in [0.15, 0.2) is 23.0 Å². The summed E-state index contributed by atoms with van der Waals surface area (Å²) in [6, 6.07) is 21.5. The Morgan fingerprint density at radius 3 is 2.03 bits per heavy atom. The summed E-state index contributed by atoms with van der Waals surface area (Å²) in [5, 5.41) is 1.02. The summed E-state index contributed by atoms with van der Waals surface area (Å²) in [5.74, 6) is 3.58. The van der Waals surface area contributed by atoms with Crippen molar-refractivity contribution in [2.75, 3.05) is 13.6 Å². The fraction of sp³-hybridized carbons (Fsp3) is 0.0870. The molecule has 0 radical (unpaired) electrons. The highest BCUT2D eigenvalue weighted by atomic mass is 16.7. The van der Waals surface area contributed by atoms with Crippen LogP contribution in [0.4, 0.5) is 0 Å². The molecular weight excluding hydrogens is 381 g/mol. The first-order valence-corrected chi connectivity index (χ1v) is 9.65. The van der Waals surface area contributed by atoms with Gasteiger partial charge in [-0.2, -0.15) is 0 Å². The van der Waals surface area contributed by atoms with Gasteiger partial charge in [-0.05, 0) is 47.3 Å². The Labute approximate surface area is 173 Å². The SMILES string of the molecule is c1cnc2c(OB(c3ccc4c(c3)OCO4)c3ccc4c(c3)OCO4)cccc2c1. The molecule has 0 N–H and O–H groups in total. The second kappa shape index (κ2) is 6.88. The van der Waals surface area contributed by atoms with Crippen LogP contribution in [-0.2, 0) is 0 Å². The lowest BCUT2D eigenvalue weighted by atomic mass is 9.55. The van der Waals surface area contributed by atoms with E-state index in [1.165, 1.54) is 0 Å². The van der Waals surface area contributed by atoms with Crippen LogP contribution in [-0.4, -0.2) is 25.5 Å². The summed E-state index contributed by atoms with van der Waals surface area (Å²) in [4.78, 5) is 4.52. The number of rotatable bonds is 4. The zero-order valence-corrected chi connectivity index (χ0v) is 15.9. The normalized spacial score (nSPS) is 13.5. The Balaban J connectivity index is 1.47. The van der Waals surface area contributed by atoms with E-state index < -0.39 is 6.92 Å². The third kappa shape index (κ3) is 2.87. The number of benzene rings is 3. The van der Waals surface area contributed by atoms with Crippen molar-refractivity contribution >= 4 is 28.7 Å². The van der Waals surface area contributed by atoms with Gasteiger partial charge in [0.2, 0.25) is 13.6 Å². The van der Waals surface area contributed by atoms with E-state index in [4.69, 9.17) is 23.6 Å².